The van der Waals surface area contributed by atoms with E-state index in [2.05, 4.69) is 30.6 Å². The average Bonchev–Trinajstić information content (AvgIpc) is 3.54. The van der Waals surface area contributed by atoms with Crippen LogP contribution in [0.15, 0.2) is 42.7 Å². The Bertz CT molecular complexity index is 1640. The second kappa shape index (κ2) is 10.7. The normalized spacial score (nSPS) is 15.2. The van der Waals surface area contributed by atoms with E-state index in [0.717, 1.165) is 66.1 Å². The highest BCUT2D eigenvalue weighted by Crippen LogP contribution is 2.39. The van der Waals surface area contributed by atoms with Crippen molar-refractivity contribution in [3.63, 3.8) is 0 Å². The van der Waals surface area contributed by atoms with E-state index in [1.54, 1.807) is 18.2 Å². The van der Waals surface area contributed by atoms with Crippen LogP contribution in [0.1, 0.15) is 66.6 Å². The van der Waals surface area contributed by atoms with E-state index in [0.29, 0.717) is 11.3 Å². The lowest BCUT2D eigenvalue weighted by molar-refractivity contribution is 0.102. The molecule has 0 saturated carbocycles. The number of sulfonamides is 1. The number of nitrogens with one attached hydrogen (secondary N) is 4. The van der Waals surface area contributed by atoms with Crippen molar-refractivity contribution in [3.05, 3.63) is 70.9 Å². The first-order valence-electron chi connectivity index (χ1n) is 13.5. The van der Waals surface area contributed by atoms with E-state index >= 15 is 0 Å². The molecule has 218 valence electrons. The summed E-state index contributed by atoms with van der Waals surface area (Å²) in [6, 6.07) is 8.99. The Hall–Kier alpha value is -4.03. The van der Waals surface area contributed by atoms with Gasteiger partial charge >= 0.3 is 0 Å². The number of aromatic nitrogens is 2. The largest absolute Gasteiger partial charge is 0.492 e. The molecule has 1 aromatic heterocycles. The van der Waals surface area contributed by atoms with Crippen molar-refractivity contribution in [2.75, 3.05) is 28.4 Å². The minimum Gasteiger partial charge on any atom is -0.492 e. The Morgan fingerprint density at radius 3 is 2.59 bits per heavy atom. The fourth-order valence-corrected chi connectivity index (χ4v) is 5.61. The number of hydrogen-bond acceptors (Lipinski definition) is 8. The third-order valence-corrected chi connectivity index (χ3v) is 7.84. The molecular weight excluding hydrogens is 542 g/mol. The topological polar surface area (TPSA) is 130 Å². The molecule has 4 N–H and O–H groups in total. The molecule has 2 aromatic carbocycles. The van der Waals surface area contributed by atoms with Crippen LogP contribution in [0.2, 0.25) is 0 Å². The quantitative estimate of drug-likeness (QED) is 0.326. The Morgan fingerprint density at radius 1 is 1.12 bits per heavy atom. The van der Waals surface area contributed by atoms with Gasteiger partial charge in [0.2, 0.25) is 10.0 Å². The molecular formula is C29H37N7O4S. The minimum absolute atomic E-state index is 0.228. The lowest BCUT2D eigenvalue weighted by atomic mass is 9.86. The zero-order chi connectivity index (χ0) is 29.5. The maximum absolute atomic E-state index is 13.5. The fourth-order valence-electron chi connectivity index (χ4n) is 5.06. The third-order valence-electron chi connectivity index (χ3n) is 7.25. The highest BCUT2D eigenvalue weighted by Gasteiger charge is 2.25. The second-order valence-electron chi connectivity index (χ2n) is 11.5. The molecule has 0 radical (unpaired) electrons. The Morgan fingerprint density at radius 2 is 1.88 bits per heavy atom. The molecule has 3 aromatic rings. The van der Waals surface area contributed by atoms with Gasteiger partial charge in [0.05, 0.1) is 54.2 Å². The van der Waals surface area contributed by atoms with E-state index in [9.17, 15) is 13.2 Å². The molecule has 11 nitrogen and oxygen atoms in total. The minimum atomic E-state index is -3.59. The summed E-state index contributed by atoms with van der Waals surface area (Å²) in [4.78, 5) is 18.1. The predicted molar refractivity (Wildman–Crippen MR) is 161 cm³/mol. The van der Waals surface area contributed by atoms with Crippen LogP contribution in [0.4, 0.5) is 17.1 Å². The van der Waals surface area contributed by atoms with E-state index < -0.39 is 10.0 Å². The summed E-state index contributed by atoms with van der Waals surface area (Å²) < 4.78 is 34.5. The van der Waals surface area contributed by atoms with Crippen LogP contribution in [0.25, 0.3) is 5.70 Å². The third kappa shape index (κ3) is 6.03. The number of carbonyl (C=O) groups excluding carboxylic acids is 1. The summed E-state index contributed by atoms with van der Waals surface area (Å²) in [6.07, 6.45) is 8.20. The van der Waals surface area contributed by atoms with Gasteiger partial charge in [-0.1, -0.05) is 26.8 Å². The van der Waals surface area contributed by atoms with Gasteiger partial charge in [-0.3, -0.25) is 20.0 Å². The van der Waals surface area contributed by atoms with Gasteiger partial charge in [0.1, 0.15) is 5.82 Å². The first-order valence-corrected chi connectivity index (χ1v) is 15.4. The second-order valence-corrected chi connectivity index (χ2v) is 13.3. The summed E-state index contributed by atoms with van der Waals surface area (Å²) in [7, 11) is -2.15. The van der Waals surface area contributed by atoms with Crippen molar-refractivity contribution in [2.24, 2.45) is 0 Å². The monoisotopic (exact) mass is 579 g/mol. The van der Waals surface area contributed by atoms with Crippen LogP contribution in [0.3, 0.4) is 0 Å². The number of hydrazine groups is 2. The molecule has 5 rings (SSSR count). The summed E-state index contributed by atoms with van der Waals surface area (Å²) in [5.41, 5.74) is 11.7. The van der Waals surface area contributed by atoms with Crippen molar-refractivity contribution in [2.45, 2.75) is 58.9 Å². The van der Waals surface area contributed by atoms with Gasteiger partial charge in [-0.05, 0) is 60.6 Å². The molecule has 0 spiro atoms. The van der Waals surface area contributed by atoms with Gasteiger partial charge in [0.25, 0.3) is 5.91 Å². The van der Waals surface area contributed by atoms with Crippen LogP contribution in [-0.4, -0.2) is 37.2 Å². The van der Waals surface area contributed by atoms with Crippen LogP contribution >= 0.6 is 0 Å². The number of fused-ring (bicyclic) bond motifs is 1. The number of nitrogens with zero attached hydrogens (tertiary/aromatic N) is 3. The number of imidazole rings is 1. The zero-order valence-corrected chi connectivity index (χ0v) is 25.1. The smallest absolute Gasteiger partial charge is 0.255 e. The molecule has 0 saturated heterocycles. The molecule has 2 aliphatic rings. The number of ether oxygens (including phenoxy) is 1. The van der Waals surface area contributed by atoms with Crippen LogP contribution in [0, 0.1) is 6.92 Å². The number of methoxy groups -OCH3 is 1. The molecule has 0 aliphatic carbocycles. The molecule has 0 atom stereocenters. The van der Waals surface area contributed by atoms with Gasteiger partial charge in [0, 0.05) is 18.5 Å². The summed E-state index contributed by atoms with van der Waals surface area (Å²) in [6.45, 7) is 8.95. The van der Waals surface area contributed by atoms with E-state index in [1.807, 2.05) is 57.2 Å². The Balaban J connectivity index is 1.45. The van der Waals surface area contributed by atoms with Gasteiger partial charge in [-0.15, -0.1) is 5.53 Å². The number of benzene rings is 2. The lowest BCUT2D eigenvalue weighted by Crippen LogP contribution is -2.37. The molecule has 0 unspecified atom stereocenters. The summed E-state index contributed by atoms with van der Waals surface area (Å²) >= 11 is 0. The molecule has 3 heterocycles. The molecule has 1 amide bonds. The van der Waals surface area contributed by atoms with Gasteiger partial charge < -0.3 is 14.6 Å². The number of hydrogen-bond donors (Lipinski definition) is 4. The fraction of sp³-hybridized carbons (Fsp3) is 0.379. The van der Waals surface area contributed by atoms with Crippen molar-refractivity contribution < 1.29 is 17.9 Å². The average molecular weight is 580 g/mol. The van der Waals surface area contributed by atoms with Crippen molar-refractivity contribution in [1.29, 1.82) is 0 Å². The molecule has 2 aliphatic heterocycles. The zero-order valence-electron chi connectivity index (χ0n) is 24.3. The van der Waals surface area contributed by atoms with Crippen molar-refractivity contribution in [1.82, 2.24) is 20.5 Å². The number of carbonyl (C=O) groups is 1. The summed E-state index contributed by atoms with van der Waals surface area (Å²) in [5.74, 6) is 0.969. The van der Waals surface area contributed by atoms with Gasteiger partial charge in [-0.2, -0.15) is 0 Å². The maximum atomic E-state index is 13.5. The molecule has 41 heavy (non-hydrogen) atoms. The van der Waals surface area contributed by atoms with Gasteiger partial charge in [-0.25, -0.2) is 13.4 Å². The number of aryl methyl sites for hydroxylation is 2. The lowest BCUT2D eigenvalue weighted by Gasteiger charge is -2.24. The highest BCUT2D eigenvalue weighted by atomic mass is 32.2. The number of amides is 1. The predicted octanol–water partition coefficient (Wildman–Crippen LogP) is 4.29. The van der Waals surface area contributed by atoms with Crippen molar-refractivity contribution in [3.8, 4) is 5.75 Å². The Kier molecular flexibility index (Phi) is 7.47. The Labute approximate surface area is 241 Å². The van der Waals surface area contributed by atoms with Crippen LogP contribution < -0.4 is 30.7 Å². The summed E-state index contributed by atoms with van der Waals surface area (Å²) in [5, 5.41) is 4.79. The van der Waals surface area contributed by atoms with Crippen LogP contribution in [0.5, 0.6) is 5.75 Å². The first kappa shape index (κ1) is 28.5. The molecule has 0 bridgehead atoms. The van der Waals surface area contributed by atoms with E-state index in [4.69, 9.17) is 4.74 Å². The van der Waals surface area contributed by atoms with E-state index in [1.165, 1.54) is 7.11 Å². The van der Waals surface area contributed by atoms with E-state index in [-0.39, 0.29) is 22.8 Å². The SMILES string of the molecule is COc1c(NC(=O)c2ccc(C)c(N3C=C(c4cnc5n4CCCC5)NN3)c2)cc(C(C)(C)C)cc1NS(C)(=O)=O. The number of anilines is 3. The molecule has 0 fully saturated rings. The van der Waals surface area contributed by atoms with Crippen LogP contribution in [-0.2, 0) is 28.4 Å². The van der Waals surface area contributed by atoms with Crippen molar-refractivity contribution >= 4 is 38.7 Å². The van der Waals surface area contributed by atoms with Gasteiger partial charge in [0.15, 0.2) is 5.75 Å². The standard InChI is InChI=1S/C29H37N7O4S/c1-18-10-11-19(13-24(18)36-17-23(32-34-36)25-16-30-26-9-7-8-12-35(25)26)28(37)31-21-14-20(29(2,3)4)15-22(27(21)40-5)33-41(6,38)39/h10-11,13-17,32-34H,7-9,12H2,1-6H3,(H,31,37). The maximum Gasteiger partial charge on any atom is 0.255 e. The first-order chi connectivity index (χ1) is 19.3. The molecule has 12 heteroatoms. The highest BCUT2D eigenvalue weighted by molar-refractivity contribution is 7.92. The number of rotatable bonds is 7.